The maximum Gasteiger partial charge on any atom is 0.123 e. The molecule has 2 nitrogen and oxygen atoms in total. The topological polar surface area (TPSA) is 29.5 Å². The van der Waals surface area contributed by atoms with Crippen LogP contribution < -0.4 is 0 Å². The summed E-state index contributed by atoms with van der Waals surface area (Å²) in [6.07, 6.45) is 2.80. The van der Waals surface area contributed by atoms with Gasteiger partial charge in [0, 0.05) is 13.2 Å². The minimum absolute atomic E-state index is 0.337. The number of hydrogen-bond acceptors (Lipinski definition) is 2. The van der Waals surface area contributed by atoms with E-state index in [2.05, 4.69) is 13.8 Å². The van der Waals surface area contributed by atoms with Crippen LogP contribution in [0.5, 0.6) is 0 Å². The highest BCUT2D eigenvalue weighted by Gasteiger charge is 2.23. The van der Waals surface area contributed by atoms with Crippen molar-refractivity contribution in [3.8, 4) is 0 Å². The summed E-state index contributed by atoms with van der Waals surface area (Å²) in [6, 6.07) is 0. The Morgan fingerprint density at radius 3 is 2.44 bits per heavy atom. The molecule has 0 aromatic carbocycles. The molecule has 0 spiro atoms. The Bertz CT molecular complexity index is 181. The number of rotatable bonds is 6. The van der Waals surface area contributed by atoms with Crippen molar-refractivity contribution in [1.29, 1.82) is 0 Å². The van der Waals surface area contributed by atoms with Crippen molar-refractivity contribution < 1.29 is 14.2 Å². The van der Waals surface area contributed by atoms with E-state index in [1.165, 1.54) is 0 Å². The monoisotopic (exact) mass is 232 g/mol. The lowest BCUT2D eigenvalue weighted by atomic mass is 9.81. The molecule has 3 atom stereocenters. The van der Waals surface area contributed by atoms with E-state index in [-0.39, 0.29) is 6.61 Å². The Morgan fingerprint density at radius 2 is 1.88 bits per heavy atom. The van der Waals surface area contributed by atoms with Gasteiger partial charge in [0.25, 0.3) is 0 Å². The first-order chi connectivity index (χ1) is 7.63. The molecular weight excluding hydrogens is 207 g/mol. The summed E-state index contributed by atoms with van der Waals surface area (Å²) in [5.41, 5.74) is 0. The van der Waals surface area contributed by atoms with Crippen molar-refractivity contribution in [3.05, 3.63) is 0 Å². The summed E-state index contributed by atoms with van der Waals surface area (Å²) >= 11 is 0. The first-order valence-electron chi connectivity index (χ1n) is 6.46. The number of aliphatic hydroxyl groups is 1. The zero-order valence-electron chi connectivity index (χ0n) is 10.5. The van der Waals surface area contributed by atoms with Crippen LogP contribution in [-0.4, -0.2) is 31.1 Å². The quantitative estimate of drug-likeness (QED) is 0.763. The van der Waals surface area contributed by atoms with Gasteiger partial charge in [0.05, 0.1) is 6.61 Å². The van der Waals surface area contributed by atoms with Crippen molar-refractivity contribution in [2.45, 2.75) is 45.7 Å². The molecule has 96 valence electrons. The summed E-state index contributed by atoms with van der Waals surface area (Å²) < 4.78 is 18.3. The molecule has 1 saturated heterocycles. The molecule has 0 aromatic rings. The van der Waals surface area contributed by atoms with Gasteiger partial charge in [0.1, 0.15) is 6.17 Å². The number of halogens is 1. The summed E-state index contributed by atoms with van der Waals surface area (Å²) in [5, 5.41) is 8.67. The fraction of sp³-hybridized carbons (Fsp3) is 1.00. The molecule has 1 rings (SSSR count). The van der Waals surface area contributed by atoms with Crippen LogP contribution in [0.3, 0.4) is 0 Å². The standard InChI is InChI=1S/C13H25FO2/c1-10(8-13(14)9-15)7-11(2)12-3-5-16-6-4-12/h10-13,15H,3-9H2,1-2H3. The lowest BCUT2D eigenvalue weighted by Gasteiger charge is -2.29. The molecular formula is C13H25FO2. The van der Waals surface area contributed by atoms with Gasteiger partial charge in [-0.15, -0.1) is 0 Å². The number of ether oxygens (including phenoxy) is 1. The van der Waals surface area contributed by atoms with Gasteiger partial charge in [0.15, 0.2) is 0 Å². The molecule has 1 aliphatic rings. The first-order valence-corrected chi connectivity index (χ1v) is 6.46. The largest absolute Gasteiger partial charge is 0.393 e. The smallest absolute Gasteiger partial charge is 0.123 e. The molecule has 0 aromatic heterocycles. The third-order valence-electron chi connectivity index (χ3n) is 3.70. The predicted octanol–water partition coefficient (Wildman–Crippen LogP) is 2.80. The van der Waals surface area contributed by atoms with E-state index in [1.807, 2.05) is 0 Å². The van der Waals surface area contributed by atoms with Crippen LogP contribution >= 0.6 is 0 Å². The van der Waals surface area contributed by atoms with Crippen molar-refractivity contribution in [2.24, 2.45) is 17.8 Å². The van der Waals surface area contributed by atoms with Crippen molar-refractivity contribution in [3.63, 3.8) is 0 Å². The second kappa shape index (κ2) is 7.23. The summed E-state index contributed by atoms with van der Waals surface area (Å²) in [5.74, 6) is 1.74. The van der Waals surface area contributed by atoms with Gasteiger partial charge in [-0.1, -0.05) is 13.8 Å². The molecule has 0 radical (unpaired) electrons. The van der Waals surface area contributed by atoms with Crippen LogP contribution in [0.15, 0.2) is 0 Å². The van der Waals surface area contributed by atoms with Crippen LogP contribution in [0.2, 0.25) is 0 Å². The Labute approximate surface area is 98.2 Å². The molecule has 0 aliphatic carbocycles. The van der Waals surface area contributed by atoms with E-state index < -0.39 is 6.17 Å². The highest BCUT2D eigenvalue weighted by molar-refractivity contribution is 4.72. The minimum atomic E-state index is -1.04. The van der Waals surface area contributed by atoms with Crippen LogP contribution in [0.25, 0.3) is 0 Å². The van der Waals surface area contributed by atoms with Gasteiger partial charge in [-0.3, -0.25) is 0 Å². The molecule has 1 heterocycles. The Hall–Kier alpha value is -0.150. The van der Waals surface area contributed by atoms with Gasteiger partial charge < -0.3 is 9.84 Å². The van der Waals surface area contributed by atoms with E-state index in [0.717, 1.165) is 38.4 Å². The van der Waals surface area contributed by atoms with Crippen molar-refractivity contribution >= 4 is 0 Å². The Morgan fingerprint density at radius 1 is 1.25 bits per heavy atom. The Balaban J connectivity index is 2.23. The van der Waals surface area contributed by atoms with Gasteiger partial charge in [0.2, 0.25) is 0 Å². The summed E-state index contributed by atoms with van der Waals surface area (Å²) in [4.78, 5) is 0. The van der Waals surface area contributed by atoms with Gasteiger partial charge in [-0.05, 0) is 43.4 Å². The lowest BCUT2D eigenvalue weighted by Crippen LogP contribution is -2.23. The highest BCUT2D eigenvalue weighted by atomic mass is 19.1. The zero-order valence-corrected chi connectivity index (χ0v) is 10.5. The van der Waals surface area contributed by atoms with Gasteiger partial charge >= 0.3 is 0 Å². The molecule has 3 unspecified atom stereocenters. The second-order valence-electron chi connectivity index (χ2n) is 5.28. The molecule has 1 N–H and O–H groups in total. The van der Waals surface area contributed by atoms with E-state index in [9.17, 15) is 4.39 Å². The van der Waals surface area contributed by atoms with E-state index in [0.29, 0.717) is 18.3 Å². The van der Waals surface area contributed by atoms with E-state index in [1.54, 1.807) is 0 Å². The fourth-order valence-electron chi connectivity index (χ4n) is 2.72. The average molecular weight is 232 g/mol. The zero-order chi connectivity index (χ0) is 12.0. The molecule has 0 saturated carbocycles. The van der Waals surface area contributed by atoms with Crippen LogP contribution in [-0.2, 0) is 4.74 Å². The first kappa shape index (κ1) is 13.9. The SMILES string of the molecule is CC(CC(F)CO)CC(C)C1CCOCC1. The van der Waals surface area contributed by atoms with Crippen molar-refractivity contribution in [1.82, 2.24) is 0 Å². The maximum atomic E-state index is 13.0. The number of alkyl halides is 1. The van der Waals surface area contributed by atoms with Gasteiger partial charge in [-0.25, -0.2) is 4.39 Å². The highest BCUT2D eigenvalue weighted by Crippen LogP contribution is 2.29. The molecule has 16 heavy (non-hydrogen) atoms. The third kappa shape index (κ3) is 4.79. The van der Waals surface area contributed by atoms with Crippen LogP contribution in [0.4, 0.5) is 4.39 Å². The Kier molecular flexibility index (Phi) is 6.29. The van der Waals surface area contributed by atoms with E-state index in [4.69, 9.17) is 9.84 Å². The normalized spacial score (nSPS) is 24.0. The number of aliphatic hydroxyl groups excluding tert-OH is 1. The van der Waals surface area contributed by atoms with E-state index >= 15 is 0 Å². The summed E-state index contributed by atoms with van der Waals surface area (Å²) in [7, 11) is 0. The second-order valence-corrected chi connectivity index (χ2v) is 5.28. The van der Waals surface area contributed by atoms with Crippen LogP contribution in [0, 0.1) is 17.8 Å². The van der Waals surface area contributed by atoms with Crippen LogP contribution in [0.1, 0.15) is 39.5 Å². The van der Waals surface area contributed by atoms with Crippen molar-refractivity contribution in [2.75, 3.05) is 19.8 Å². The third-order valence-corrected chi connectivity index (χ3v) is 3.70. The minimum Gasteiger partial charge on any atom is -0.393 e. The maximum absolute atomic E-state index is 13.0. The molecule has 1 fully saturated rings. The molecule has 1 aliphatic heterocycles. The number of hydrogen-bond donors (Lipinski definition) is 1. The molecule has 0 amide bonds. The molecule has 0 bridgehead atoms. The van der Waals surface area contributed by atoms with Gasteiger partial charge in [-0.2, -0.15) is 0 Å². The average Bonchev–Trinajstić information content (AvgIpc) is 2.29. The predicted molar refractivity (Wildman–Crippen MR) is 63.1 cm³/mol. The lowest BCUT2D eigenvalue weighted by molar-refractivity contribution is 0.0440. The fourth-order valence-corrected chi connectivity index (χ4v) is 2.72. The molecule has 3 heteroatoms. The summed E-state index contributed by atoms with van der Waals surface area (Å²) in [6.45, 7) is 5.77.